The van der Waals surface area contributed by atoms with Crippen molar-refractivity contribution in [2.75, 3.05) is 26.9 Å². The van der Waals surface area contributed by atoms with Crippen LogP contribution in [0, 0.1) is 0 Å². The summed E-state index contributed by atoms with van der Waals surface area (Å²) in [5.41, 5.74) is -1.21. The van der Waals surface area contributed by atoms with E-state index in [1.807, 2.05) is 6.92 Å². The Morgan fingerprint density at radius 1 is 1.30 bits per heavy atom. The number of nitrogens with zero attached hydrogens (tertiary/aromatic N) is 1. The molecule has 1 saturated heterocycles. The summed E-state index contributed by atoms with van der Waals surface area (Å²) in [5, 5.41) is 6.07. The third-order valence-electron chi connectivity index (χ3n) is 4.33. The van der Waals surface area contributed by atoms with E-state index in [4.69, 9.17) is 14.2 Å². The van der Waals surface area contributed by atoms with Gasteiger partial charge in [-0.25, -0.2) is 0 Å². The predicted octanol–water partition coefficient (Wildman–Crippen LogP) is 3.74. The van der Waals surface area contributed by atoms with Crippen LogP contribution in [0.1, 0.15) is 45.2 Å². The lowest BCUT2D eigenvalue weighted by molar-refractivity contribution is -0.138. The highest BCUT2D eigenvalue weighted by atomic mass is 19.4. The first-order chi connectivity index (χ1) is 14.0. The average molecular weight is 431 g/mol. The summed E-state index contributed by atoms with van der Waals surface area (Å²) in [6, 6.07) is 3.95. The molecule has 30 heavy (non-hydrogen) atoms. The molecule has 170 valence electrons. The molecule has 0 radical (unpaired) electrons. The van der Waals surface area contributed by atoms with E-state index in [1.54, 1.807) is 33.9 Å². The molecular weight excluding hydrogens is 399 g/mol. The minimum atomic E-state index is -4.49. The Bertz CT molecular complexity index is 712. The second kappa shape index (κ2) is 10.3. The van der Waals surface area contributed by atoms with E-state index < -0.39 is 17.3 Å². The molecule has 1 heterocycles. The highest BCUT2D eigenvalue weighted by Crippen LogP contribution is 2.35. The van der Waals surface area contributed by atoms with E-state index in [0.29, 0.717) is 25.8 Å². The van der Waals surface area contributed by atoms with Crippen molar-refractivity contribution in [1.29, 1.82) is 0 Å². The summed E-state index contributed by atoms with van der Waals surface area (Å²) < 4.78 is 57.3. The van der Waals surface area contributed by atoms with Gasteiger partial charge >= 0.3 is 6.18 Å². The smallest absolute Gasteiger partial charge is 0.416 e. The maximum atomic E-state index is 13.6. The minimum Gasteiger partial charge on any atom is -0.488 e. The van der Waals surface area contributed by atoms with Crippen LogP contribution in [0.5, 0.6) is 5.75 Å². The fourth-order valence-corrected chi connectivity index (χ4v) is 2.96. The Morgan fingerprint density at radius 3 is 2.60 bits per heavy atom. The van der Waals surface area contributed by atoms with Crippen molar-refractivity contribution in [2.45, 2.75) is 64.6 Å². The van der Waals surface area contributed by atoms with Gasteiger partial charge < -0.3 is 24.8 Å². The molecule has 2 unspecified atom stereocenters. The Balaban J connectivity index is 1.97. The highest BCUT2D eigenvalue weighted by Gasteiger charge is 2.34. The molecule has 9 heteroatoms. The van der Waals surface area contributed by atoms with Gasteiger partial charge in [-0.15, -0.1) is 0 Å². The first-order valence-corrected chi connectivity index (χ1v) is 10.0. The number of hydrogen-bond acceptors (Lipinski definition) is 4. The van der Waals surface area contributed by atoms with E-state index in [-0.39, 0.29) is 30.0 Å². The number of rotatable bonds is 7. The maximum Gasteiger partial charge on any atom is 0.416 e. The number of halogens is 3. The molecule has 2 atom stereocenters. The first-order valence-electron chi connectivity index (χ1n) is 10.0. The quantitative estimate of drug-likeness (QED) is 0.509. The van der Waals surface area contributed by atoms with E-state index in [0.717, 1.165) is 12.5 Å². The van der Waals surface area contributed by atoms with Crippen LogP contribution in [-0.4, -0.2) is 50.6 Å². The van der Waals surface area contributed by atoms with Crippen LogP contribution in [0.3, 0.4) is 0 Å². The van der Waals surface area contributed by atoms with Gasteiger partial charge in [-0.3, -0.25) is 4.99 Å². The van der Waals surface area contributed by atoms with Gasteiger partial charge in [0.15, 0.2) is 5.96 Å². The fourth-order valence-electron chi connectivity index (χ4n) is 2.96. The van der Waals surface area contributed by atoms with Crippen molar-refractivity contribution in [3.05, 3.63) is 29.3 Å². The zero-order valence-corrected chi connectivity index (χ0v) is 18.2. The Morgan fingerprint density at radius 2 is 2.03 bits per heavy atom. The second-order valence-electron chi connectivity index (χ2n) is 8.32. The lowest BCUT2D eigenvalue weighted by Crippen LogP contribution is -2.44. The summed E-state index contributed by atoms with van der Waals surface area (Å²) in [6.07, 6.45) is -3.53. The van der Waals surface area contributed by atoms with Gasteiger partial charge in [0, 0.05) is 26.2 Å². The van der Waals surface area contributed by atoms with Crippen LogP contribution in [-0.2, 0) is 22.2 Å². The molecule has 1 aliphatic heterocycles. The van der Waals surface area contributed by atoms with Crippen LogP contribution < -0.4 is 15.4 Å². The van der Waals surface area contributed by atoms with E-state index in [9.17, 15) is 13.2 Å². The SMILES string of the molecule is CN=C(NCc1ccc(OC(C)(C)C)cc1C(F)(F)F)NC(C)COC1CCOC1. The number of aliphatic imine (C=N–C) groups is 1. The van der Waals surface area contributed by atoms with Crippen LogP contribution in [0.15, 0.2) is 23.2 Å². The molecule has 2 N–H and O–H groups in total. The number of nitrogens with one attached hydrogen (secondary N) is 2. The molecule has 1 aliphatic rings. The second-order valence-corrected chi connectivity index (χ2v) is 8.32. The monoisotopic (exact) mass is 431 g/mol. The van der Waals surface area contributed by atoms with Crippen molar-refractivity contribution in [2.24, 2.45) is 4.99 Å². The van der Waals surface area contributed by atoms with Crippen LogP contribution >= 0.6 is 0 Å². The number of hydrogen-bond donors (Lipinski definition) is 2. The molecule has 0 aromatic heterocycles. The summed E-state index contributed by atoms with van der Waals surface area (Å²) in [4.78, 5) is 4.09. The molecule has 0 aliphatic carbocycles. The van der Waals surface area contributed by atoms with Crippen LogP contribution in [0.2, 0.25) is 0 Å². The summed E-state index contributed by atoms with van der Waals surface area (Å²) >= 11 is 0. The minimum absolute atomic E-state index is 0.0334. The highest BCUT2D eigenvalue weighted by molar-refractivity contribution is 5.80. The maximum absolute atomic E-state index is 13.6. The topological polar surface area (TPSA) is 64.1 Å². The Kier molecular flexibility index (Phi) is 8.37. The lowest BCUT2D eigenvalue weighted by Gasteiger charge is -2.23. The third kappa shape index (κ3) is 8.02. The van der Waals surface area contributed by atoms with Gasteiger partial charge in [0.1, 0.15) is 11.4 Å². The fraction of sp³-hybridized carbons (Fsp3) is 0.667. The molecule has 0 bridgehead atoms. The van der Waals surface area contributed by atoms with Crippen LogP contribution in [0.25, 0.3) is 0 Å². The van der Waals surface area contributed by atoms with Crippen molar-refractivity contribution in [3.8, 4) is 5.75 Å². The Hall–Kier alpha value is -2.00. The van der Waals surface area contributed by atoms with Crippen molar-refractivity contribution in [1.82, 2.24) is 10.6 Å². The van der Waals surface area contributed by atoms with Gasteiger partial charge in [0.25, 0.3) is 0 Å². The largest absolute Gasteiger partial charge is 0.488 e. The van der Waals surface area contributed by atoms with Crippen LogP contribution in [0.4, 0.5) is 13.2 Å². The van der Waals surface area contributed by atoms with E-state index in [2.05, 4.69) is 15.6 Å². The van der Waals surface area contributed by atoms with Gasteiger partial charge in [0.05, 0.1) is 24.9 Å². The van der Waals surface area contributed by atoms with E-state index in [1.165, 1.54) is 6.07 Å². The zero-order valence-electron chi connectivity index (χ0n) is 18.2. The van der Waals surface area contributed by atoms with Gasteiger partial charge in [-0.05, 0) is 51.8 Å². The molecule has 1 aromatic carbocycles. The first kappa shape index (κ1) is 24.3. The summed E-state index contributed by atoms with van der Waals surface area (Å²) in [7, 11) is 1.57. The molecule has 0 saturated carbocycles. The van der Waals surface area contributed by atoms with Crippen molar-refractivity contribution >= 4 is 5.96 Å². The number of ether oxygens (including phenoxy) is 3. The molecule has 6 nitrogen and oxygen atoms in total. The Labute approximate surface area is 176 Å². The van der Waals surface area contributed by atoms with Gasteiger partial charge in [0.2, 0.25) is 0 Å². The molecule has 2 rings (SSSR count). The molecule has 1 aromatic rings. The average Bonchev–Trinajstić information content (AvgIpc) is 3.15. The van der Waals surface area contributed by atoms with Gasteiger partial charge in [-0.1, -0.05) is 6.07 Å². The summed E-state index contributed by atoms with van der Waals surface area (Å²) in [5.74, 6) is 0.583. The summed E-state index contributed by atoms with van der Waals surface area (Å²) in [6.45, 7) is 8.99. The number of alkyl halides is 3. The number of guanidine groups is 1. The lowest BCUT2D eigenvalue weighted by atomic mass is 10.1. The number of benzene rings is 1. The molecule has 0 amide bonds. The predicted molar refractivity (Wildman–Crippen MR) is 110 cm³/mol. The molecular formula is C21H32F3N3O3. The van der Waals surface area contributed by atoms with Crippen molar-refractivity contribution in [3.63, 3.8) is 0 Å². The third-order valence-corrected chi connectivity index (χ3v) is 4.33. The zero-order chi connectivity index (χ0) is 22.4. The standard InChI is InChI=1S/C21H32F3N3O3/c1-14(12-29-17-8-9-28-13-17)27-19(25-5)26-11-15-6-7-16(30-20(2,3)4)10-18(15)21(22,23)24/h6-7,10,14,17H,8-9,11-13H2,1-5H3,(H2,25,26,27). The van der Waals surface area contributed by atoms with E-state index >= 15 is 0 Å². The van der Waals surface area contributed by atoms with Gasteiger partial charge in [-0.2, -0.15) is 13.2 Å². The molecule has 0 spiro atoms. The normalized spacial score (nSPS) is 18.9. The molecule has 1 fully saturated rings. The van der Waals surface area contributed by atoms with Crippen molar-refractivity contribution < 1.29 is 27.4 Å².